The molecule has 10 heteroatoms. The van der Waals surface area contributed by atoms with Crippen LogP contribution in [0.2, 0.25) is 0 Å². The number of pyridine rings is 1. The average Bonchev–Trinajstić information content (AvgIpc) is 2.90. The molecule has 0 aliphatic carbocycles. The first-order valence-corrected chi connectivity index (χ1v) is 11.4. The maximum Gasteiger partial charge on any atom is 0.306 e. The average molecular weight is 515 g/mol. The zero-order valence-corrected chi connectivity index (χ0v) is 19.9. The summed E-state index contributed by atoms with van der Waals surface area (Å²) in [5.74, 6) is -4.91. The highest BCUT2D eigenvalue weighted by atomic mass is 16.5. The lowest BCUT2D eigenvalue weighted by molar-refractivity contribution is -0.140. The standard InChI is InChI=1S/C28H21NO9/c1-37-22(34)11-16(14-8-9-29-17-5-3-2-4-15(14)17)23-20(32)12-21(33)24-25(35)26(36)27(38-28(23)24)13-6-7-18(30)19(31)10-13/h2-10,12,16,30-33,36H,11H2,1H3/t16-/m0/s1. The lowest BCUT2D eigenvalue weighted by atomic mass is 9.85. The third kappa shape index (κ3) is 3.97. The van der Waals surface area contributed by atoms with E-state index in [2.05, 4.69) is 4.98 Å². The van der Waals surface area contributed by atoms with Crippen LogP contribution < -0.4 is 5.43 Å². The summed E-state index contributed by atoms with van der Waals surface area (Å²) >= 11 is 0. The van der Waals surface area contributed by atoms with Gasteiger partial charge in [-0.05, 0) is 35.9 Å². The van der Waals surface area contributed by atoms with Gasteiger partial charge in [0.25, 0.3) is 0 Å². The largest absolute Gasteiger partial charge is 0.507 e. The van der Waals surface area contributed by atoms with Crippen molar-refractivity contribution in [2.45, 2.75) is 12.3 Å². The van der Waals surface area contributed by atoms with Gasteiger partial charge in [0.15, 0.2) is 17.3 Å². The summed E-state index contributed by atoms with van der Waals surface area (Å²) in [5, 5.41) is 52.2. The predicted molar refractivity (Wildman–Crippen MR) is 136 cm³/mol. The van der Waals surface area contributed by atoms with Crippen molar-refractivity contribution in [3.63, 3.8) is 0 Å². The first-order valence-electron chi connectivity index (χ1n) is 11.4. The highest BCUT2D eigenvalue weighted by molar-refractivity contribution is 5.93. The van der Waals surface area contributed by atoms with Crippen LogP contribution in [0.25, 0.3) is 33.2 Å². The number of methoxy groups -OCH3 is 1. The normalized spacial score (nSPS) is 12.0. The molecule has 0 fully saturated rings. The van der Waals surface area contributed by atoms with Crippen molar-refractivity contribution >= 4 is 27.8 Å². The van der Waals surface area contributed by atoms with Gasteiger partial charge in [-0.15, -0.1) is 0 Å². The van der Waals surface area contributed by atoms with Crippen molar-refractivity contribution in [1.29, 1.82) is 0 Å². The fourth-order valence-corrected chi connectivity index (χ4v) is 4.58. The Balaban J connectivity index is 1.88. The van der Waals surface area contributed by atoms with Crippen LogP contribution in [-0.2, 0) is 9.53 Å². The fraction of sp³-hybridized carbons (Fsp3) is 0.107. The summed E-state index contributed by atoms with van der Waals surface area (Å²) < 4.78 is 10.8. The molecule has 5 N–H and O–H groups in total. The Morgan fingerprint density at radius 2 is 1.71 bits per heavy atom. The number of nitrogens with zero attached hydrogens (tertiary/aromatic N) is 1. The molecule has 0 bridgehead atoms. The smallest absolute Gasteiger partial charge is 0.306 e. The van der Waals surface area contributed by atoms with E-state index in [1.165, 1.54) is 19.4 Å². The number of aromatic nitrogens is 1. The van der Waals surface area contributed by atoms with Crippen LogP contribution in [0.15, 0.2) is 70.0 Å². The van der Waals surface area contributed by atoms with Gasteiger partial charge in [-0.25, -0.2) is 0 Å². The van der Waals surface area contributed by atoms with E-state index in [-0.39, 0.29) is 28.9 Å². The molecular weight excluding hydrogens is 494 g/mol. The second kappa shape index (κ2) is 9.32. The minimum absolute atomic E-state index is 0.0131. The number of hydrogen-bond acceptors (Lipinski definition) is 10. The topological polar surface area (TPSA) is 171 Å². The maximum absolute atomic E-state index is 13.2. The van der Waals surface area contributed by atoms with E-state index < -0.39 is 51.4 Å². The summed E-state index contributed by atoms with van der Waals surface area (Å²) in [7, 11) is 1.21. The molecule has 0 spiro atoms. The molecule has 10 nitrogen and oxygen atoms in total. The van der Waals surface area contributed by atoms with Gasteiger partial charge in [0.1, 0.15) is 22.5 Å². The summed E-state index contributed by atoms with van der Waals surface area (Å²) in [6.45, 7) is 0. The predicted octanol–water partition coefficient (Wildman–Crippen LogP) is 4.23. The lowest BCUT2D eigenvalue weighted by Gasteiger charge is -2.21. The number of carbonyl (C=O) groups is 1. The van der Waals surface area contributed by atoms with E-state index in [0.29, 0.717) is 16.5 Å². The van der Waals surface area contributed by atoms with Gasteiger partial charge in [0.05, 0.1) is 19.0 Å². The first-order chi connectivity index (χ1) is 18.2. The number of ether oxygens (including phenoxy) is 1. The second-order valence-electron chi connectivity index (χ2n) is 8.60. The highest BCUT2D eigenvalue weighted by Gasteiger charge is 2.30. The molecule has 0 saturated carbocycles. The molecule has 192 valence electrons. The summed E-state index contributed by atoms with van der Waals surface area (Å²) in [4.78, 5) is 30.1. The van der Waals surface area contributed by atoms with E-state index in [9.17, 15) is 35.1 Å². The van der Waals surface area contributed by atoms with E-state index in [1.54, 1.807) is 30.3 Å². The number of benzene rings is 3. The van der Waals surface area contributed by atoms with E-state index in [4.69, 9.17) is 9.15 Å². The van der Waals surface area contributed by atoms with Crippen molar-refractivity contribution in [2.75, 3.05) is 7.11 Å². The number of para-hydroxylation sites is 1. The Hall–Kier alpha value is -5.25. The molecule has 0 saturated heterocycles. The van der Waals surface area contributed by atoms with E-state index in [1.807, 2.05) is 0 Å². The number of rotatable bonds is 5. The zero-order chi connectivity index (χ0) is 27.1. The number of fused-ring (bicyclic) bond motifs is 2. The van der Waals surface area contributed by atoms with E-state index in [0.717, 1.165) is 18.2 Å². The van der Waals surface area contributed by atoms with Crippen LogP contribution in [0.5, 0.6) is 28.7 Å². The Bertz CT molecular complexity index is 1790. The molecule has 2 aromatic heterocycles. The van der Waals surface area contributed by atoms with Crippen molar-refractivity contribution in [2.24, 2.45) is 0 Å². The van der Waals surface area contributed by atoms with Crippen molar-refractivity contribution in [1.82, 2.24) is 4.98 Å². The number of hydrogen-bond donors (Lipinski definition) is 5. The van der Waals surface area contributed by atoms with Crippen molar-refractivity contribution < 1.29 is 39.5 Å². The van der Waals surface area contributed by atoms with Crippen LogP contribution in [0.1, 0.15) is 23.5 Å². The Morgan fingerprint density at radius 1 is 0.947 bits per heavy atom. The zero-order valence-electron chi connectivity index (χ0n) is 19.9. The van der Waals surface area contributed by atoms with Gasteiger partial charge >= 0.3 is 5.97 Å². The molecule has 0 aliphatic rings. The number of aromatic hydroxyl groups is 5. The Labute approximate surface area is 214 Å². The maximum atomic E-state index is 13.2. The molecule has 2 heterocycles. The molecule has 0 amide bonds. The van der Waals surface area contributed by atoms with Gasteiger partial charge in [-0.2, -0.15) is 0 Å². The lowest BCUT2D eigenvalue weighted by Crippen LogP contribution is -2.13. The monoisotopic (exact) mass is 515 g/mol. The quantitative estimate of drug-likeness (QED) is 0.168. The van der Waals surface area contributed by atoms with E-state index >= 15 is 0 Å². The second-order valence-corrected chi connectivity index (χ2v) is 8.60. The van der Waals surface area contributed by atoms with Gasteiger partial charge < -0.3 is 34.7 Å². The third-order valence-electron chi connectivity index (χ3n) is 6.38. The highest BCUT2D eigenvalue weighted by Crippen LogP contribution is 2.46. The van der Waals surface area contributed by atoms with Crippen LogP contribution in [0, 0.1) is 0 Å². The molecule has 3 aromatic carbocycles. The molecule has 38 heavy (non-hydrogen) atoms. The van der Waals surface area contributed by atoms with Gasteiger partial charge in [0, 0.05) is 34.7 Å². The number of phenols is 4. The molecule has 0 radical (unpaired) electrons. The summed E-state index contributed by atoms with van der Waals surface area (Å²) in [6, 6.07) is 13.2. The van der Waals surface area contributed by atoms with Crippen LogP contribution in [0.4, 0.5) is 0 Å². The first kappa shape index (κ1) is 24.4. The SMILES string of the molecule is COC(=O)C[C@@H](c1ccnc2ccccc12)c1c(O)cc(O)c2c(=O)c(O)c(-c3ccc(O)c(O)c3)oc12. The number of esters is 1. The third-order valence-corrected chi connectivity index (χ3v) is 6.38. The van der Waals surface area contributed by atoms with Crippen LogP contribution in [0.3, 0.4) is 0 Å². The molecule has 5 rings (SSSR count). The van der Waals surface area contributed by atoms with Gasteiger partial charge in [-0.3, -0.25) is 14.6 Å². The number of phenolic OH excluding ortho intramolecular Hbond substituents is 4. The number of carbonyl (C=O) groups excluding carboxylic acids is 1. The minimum atomic E-state index is -1.01. The molecule has 5 aromatic rings. The van der Waals surface area contributed by atoms with Gasteiger partial charge in [0.2, 0.25) is 11.2 Å². The van der Waals surface area contributed by atoms with Gasteiger partial charge in [-0.1, -0.05) is 18.2 Å². The molecule has 0 aliphatic heterocycles. The van der Waals surface area contributed by atoms with Crippen LogP contribution in [-0.4, -0.2) is 43.6 Å². The van der Waals surface area contributed by atoms with Crippen molar-refractivity contribution in [3.8, 4) is 40.1 Å². The summed E-state index contributed by atoms with van der Waals surface area (Å²) in [6.07, 6.45) is 1.26. The summed E-state index contributed by atoms with van der Waals surface area (Å²) in [5.41, 5.74) is -0.110. The molecular formula is C28H21NO9. The minimum Gasteiger partial charge on any atom is -0.507 e. The molecule has 0 unspecified atom stereocenters. The fourth-order valence-electron chi connectivity index (χ4n) is 4.58. The van der Waals surface area contributed by atoms with Crippen LogP contribution >= 0.6 is 0 Å². The Morgan fingerprint density at radius 3 is 2.45 bits per heavy atom. The Kier molecular flexibility index (Phi) is 6.00. The van der Waals surface area contributed by atoms with Crippen molar-refractivity contribution in [3.05, 3.63) is 82.1 Å². The molecule has 1 atom stereocenters.